The van der Waals surface area contributed by atoms with Gasteiger partial charge in [0.1, 0.15) is 5.75 Å². The fraction of sp³-hybridized carbons (Fsp3) is 0.143. The summed E-state index contributed by atoms with van der Waals surface area (Å²) in [5.41, 5.74) is 6.62. The summed E-state index contributed by atoms with van der Waals surface area (Å²) in [4.78, 5) is 31.4. The molecule has 0 saturated heterocycles. The van der Waals surface area contributed by atoms with Gasteiger partial charge in [0.2, 0.25) is 0 Å². The number of nitrogens with one attached hydrogen (secondary N) is 2. The summed E-state index contributed by atoms with van der Waals surface area (Å²) in [6.45, 7) is 1.66. The van der Waals surface area contributed by atoms with E-state index >= 15 is 0 Å². The number of nitrogen functional groups attached to an aromatic ring is 1. The maximum atomic E-state index is 12.1. The summed E-state index contributed by atoms with van der Waals surface area (Å²) in [6, 6.07) is 4.93. The van der Waals surface area contributed by atoms with Crippen LogP contribution < -0.4 is 21.1 Å². The van der Waals surface area contributed by atoms with E-state index in [2.05, 4.69) is 20.6 Å². The van der Waals surface area contributed by atoms with Crippen LogP contribution in [-0.4, -0.2) is 27.9 Å². The van der Waals surface area contributed by atoms with Gasteiger partial charge in [0, 0.05) is 18.1 Å². The number of hydrogen-bond acceptors (Lipinski definition) is 6. The Bertz CT molecular complexity index is 762. The zero-order valence-electron chi connectivity index (χ0n) is 11.7. The van der Waals surface area contributed by atoms with Crippen molar-refractivity contribution in [1.82, 2.24) is 9.97 Å². The molecule has 3 rings (SSSR count). The largest absolute Gasteiger partial charge is 0.479 e. The number of benzene rings is 1. The second-order valence-corrected chi connectivity index (χ2v) is 4.70. The lowest BCUT2D eigenvalue weighted by Crippen LogP contribution is -2.34. The van der Waals surface area contributed by atoms with Crippen LogP contribution in [0.25, 0.3) is 0 Å². The molecule has 22 heavy (non-hydrogen) atoms. The first-order valence-corrected chi connectivity index (χ1v) is 6.54. The van der Waals surface area contributed by atoms with E-state index in [0.717, 1.165) is 0 Å². The first-order valence-electron chi connectivity index (χ1n) is 6.54. The van der Waals surface area contributed by atoms with Crippen LogP contribution in [0.1, 0.15) is 17.4 Å². The Morgan fingerprint density at radius 1 is 1.36 bits per heavy atom. The monoisotopic (exact) mass is 299 g/mol. The zero-order valence-corrected chi connectivity index (χ0v) is 11.7. The first-order chi connectivity index (χ1) is 10.5. The van der Waals surface area contributed by atoms with Crippen LogP contribution in [0.3, 0.4) is 0 Å². The van der Waals surface area contributed by atoms with Crippen LogP contribution >= 0.6 is 0 Å². The number of anilines is 3. The van der Waals surface area contributed by atoms with Crippen LogP contribution in [0, 0.1) is 0 Å². The van der Waals surface area contributed by atoms with Crippen molar-refractivity contribution >= 4 is 29.0 Å². The van der Waals surface area contributed by atoms with Crippen LogP contribution in [-0.2, 0) is 4.79 Å². The average Bonchev–Trinajstić information content (AvgIpc) is 2.49. The lowest BCUT2D eigenvalue weighted by molar-refractivity contribution is -0.122. The van der Waals surface area contributed by atoms with Crippen molar-refractivity contribution in [2.24, 2.45) is 0 Å². The van der Waals surface area contributed by atoms with Crippen LogP contribution in [0.15, 0.2) is 30.6 Å². The molecular formula is C14H13N5O3. The maximum Gasteiger partial charge on any atom is 0.278 e. The van der Waals surface area contributed by atoms with E-state index in [1.165, 1.54) is 12.4 Å². The fourth-order valence-electron chi connectivity index (χ4n) is 2.00. The molecule has 0 bridgehead atoms. The minimum atomic E-state index is -0.549. The fourth-order valence-corrected chi connectivity index (χ4v) is 2.00. The third kappa shape index (κ3) is 2.53. The van der Waals surface area contributed by atoms with Crippen molar-refractivity contribution in [3.05, 3.63) is 36.3 Å². The predicted molar refractivity (Wildman–Crippen MR) is 79.6 cm³/mol. The standard InChI is InChI=1S/C14H13N5O3/c1-7-13(20)19-9-6-8(2-3-10(9)22-7)18-14(21)11-12(15)17-5-4-16-11/h2-7H,1H3,(H2,15,17)(H,18,21)(H,19,20)/t7-/m1/s1. The molecule has 1 aliphatic heterocycles. The molecule has 2 aromatic rings. The number of hydrogen-bond donors (Lipinski definition) is 3. The number of nitrogens with zero attached hydrogens (tertiary/aromatic N) is 2. The van der Waals surface area contributed by atoms with Crippen LogP contribution in [0.4, 0.5) is 17.2 Å². The van der Waals surface area contributed by atoms with Gasteiger partial charge in [0.05, 0.1) is 5.69 Å². The Balaban J connectivity index is 1.82. The van der Waals surface area contributed by atoms with Gasteiger partial charge in [-0.1, -0.05) is 0 Å². The molecule has 2 heterocycles. The Labute approximate surface area is 125 Å². The number of carbonyl (C=O) groups is 2. The van der Waals surface area contributed by atoms with Crippen molar-refractivity contribution in [3.8, 4) is 5.75 Å². The minimum Gasteiger partial charge on any atom is -0.479 e. The second-order valence-electron chi connectivity index (χ2n) is 4.70. The summed E-state index contributed by atoms with van der Waals surface area (Å²) >= 11 is 0. The van der Waals surface area contributed by atoms with Gasteiger partial charge >= 0.3 is 0 Å². The van der Waals surface area contributed by atoms with Crippen molar-refractivity contribution in [1.29, 1.82) is 0 Å². The molecule has 8 heteroatoms. The molecule has 2 amide bonds. The van der Waals surface area contributed by atoms with E-state index in [0.29, 0.717) is 17.1 Å². The summed E-state index contributed by atoms with van der Waals surface area (Å²) in [5.74, 6) is -0.136. The predicted octanol–water partition coefficient (Wildman–Crippen LogP) is 1.03. The molecule has 4 N–H and O–H groups in total. The van der Waals surface area contributed by atoms with Gasteiger partial charge < -0.3 is 21.1 Å². The highest BCUT2D eigenvalue weighted by molar-refractivity contribution is 6.06. The normalized spacial score (nSPS) is 16.2. The van der Waals surface area contributed by atoms with Gasteiger partial charge in [-0.05, 0) is 25.1 Å². The lowest BCUT2D eigenvalue weighted by Gasteiger charge is -2.23. The highest BCUT2D eigenvalue weighted by Gasteiger charge is 2.23. The van der Waals surface area contributed by atoms with E-state index in [9.17, 15) is 9.59 Å². The number of nitrogens with two attached hydrogens (primary N) is 1. The summed E-state index contributed by atoms with van der Waals surface area (Å²) < 4.78 is 5.44. The van der Waals surface area contributed by atoms with Crippen LogP contribution in [0.2, 0.25) is 0 Å². The maximum absolute atomic E-state index is 12.1. The lowest BCUT2D eigenvalue weighted by atomic mass is 10.2. The van der Waals surface area contributed by atoms with Crippen molar-refractivity contribution < 1.29 is 14.3 Å². The average molecular weight is 299 g/mol. The number of carbonyl (C=O) groups excluding carboxylic acids is 2. The highest BCUT2D eigenvalue weighted by atomic mass is 16.5. The molecule has 0 fully saturated rings. The molecule has 1 aromatic carbocycles. The van der Waals surface area contributed by atoms with Crippen molar-refractivity contribution in [2.75, 3.05) is 16.4 Å². The van der Waals surface area contributed by atoms with E-state index in [1.54, 1.807) is 25.1 Å². The summed E-state index contributed by atoms with van der Waals surface area (Å²) in [5, 5.41) is 5.35. The quantitative estimate of drug-likeness (QED) is 0.762. The molecule has 1 atom stereocenters. The van der Waals surface area contributed by atoms with Gasteiger partial charge in [0.15, 0.2) is 17.6 Å². The molecule has 0 aliphatic carbocycles. The van der Waals surface area contributed by atoms with Gasteiger partial charge in [-0.15, -0.1) is 0 Å². The Hall–Kier alpha value is -3.16. The van der Waals surface area contributed by atoms with Gasteiger partial charge in [0.25, 0.3) is 11.8 Å². The highest BCUT2D eigenvalue weighted by Crippen LogP contribution is 2.32. The molecule has 1 aliphatic rings. The third-order valence-electron chi connectivity index (χ3n) is 3.11. The Morgan fingerprint density at radius 2 is 2.14 bits per heavy atom. The molecule has 1 aromatic heterocycles. The van der Waals surface area contributed by atoms with Crippen LogP contribution in [0.5, 0.6) is 5.75 Å². The smallest absolute Gasteiger partial charge is 0.278 e. The number of ether oxygens (including phenoxy) is 1. The Morgan fingerprint density at radius 3 is 2.91 bits per heavy atom. The van der Waals surface area contributed by atoms with E-state index in [1.807, 2.05) is 0 Å². The number of rotatable bonds is 2. The first kappa shape index (κ1) is 13.8. The Kier molecular flexibility index (Phi) is 3.34. The zero-order chi connectivity index (χ0) is 15.7. The molecule has 0 unspecified atom stereocenters. The van der Waals surface area contributed by atoms with E-state index in [4.69, 9.17) is 10.5 Å². The molecule has 0 spiro atoms. The van der Waals surface area contributed by atoms with Crippen molar-refractivity contribution in [2.45, 2.75) is 13.0 Å². The molecule has 112 valence electrons. The van der Waals surface area contributed by atoms with E-state index in [-0.39, 0.29) is 17.4 Å². The second kappa shape index (κ2) is 5.32. The van der Waals surface area contributed by atoms with Gasteiger partial charge in [-0.25, -0.2) is 9.97 Å². The number of fused-ring (bicyclic) bond motifs is 1. The molecule has 0 radical (unpaired) electrons. The SMILES string of the molecule is C[C@H]1Oc2ccc(NC(=O)c3nccnc3N)cc2NC1=O. The molecular weight excluding hydrogens is 286 g/mol. The molecule has 0 saturated carbocycles. The minimum absolute atomic E-state index is 0.0362. The molecule has 8 nitrogen and oxygen atoms in total. The summed E-state index contributed by atoms with van der Waals surface area (Å²) in [7, 11) is 0. The van der Waals surface area contributed by atoms with Crippen molar-refractivity contribution in [3.63, 3.8) is 0 Å². The van der Waals surface area contributed by atoms with Gasteiger partial charge in [-0.2, -0.15) is 0 Å². The van der Waals surface area contributed by atoms with E-state index < -0.39 is 12.0 Å². The number of amides is 2. The number of aromatic nitrogens is 2. The third-order valence-corrected chi connectivity index (χ3v) is 3.11. The topological polar surface area (TPSA) is 119 Å². The summed E-state index contributed by atoms with van der Waals surface area (Å²) in [6.07, 6.45) is 2.24. The van der Waals surface area contributed by atoms with Gasteiger partial charge in [-0.3, -0.25) is 9.59 Å².